The number of amides is 1. The lowest BCUT2D eigenvalue weighted by Gasteiger charge is -2.04. The fourth-order valence-corrected chi connectivity index (χ4v) is 2.19. The van der Waals surface area contributed by atoms with Crippen LogP contribution in [0.2, 0.25) is 0 Å². The Hall–Kier alpha value is -1.21. The van der Waals surface area contributed by atoms with Crippen LogP contribution in [0.3, 0.4) is 0 Å². The maximum absolute atomic E-state index is 11.3. The zero-order valence-corrected chi connectivity index (χ0v) is 11.1. The first-order chi connectivity index (χ1) is 7.90. The average molecular weight is 275 g/mol. The number of carbonyl (C=O) groups is 1. The largest absolute Gasteiger partial charge is 0.383 e. The normalized spacial score (nSPS) is 10.9. The van der Waals surface area contributed by atoms with Gasteiger partial charge in [-0.25, -0.2) is 0 Å². The van der Waals surface area contributed by atoms with Gasteiger partial charge < -0.3 is 9.50 Å². The molecule has 0 radical (unpaired) electrons. The van der Waals surface area contributed by atoms with Gasteiger partial charge in [0.25, 0.3) is 5.24 Å². The molecule has 0 aliphatic carbocycles. The van der Waals surface area contributed by atoms with Crippen molar-refractivity contribution in [2.24, 2.45) is 0 Å². The molecule has 0 bridgehead atoms. The van der Waals surface area contributed by atoms with Crippen molar-refractivity contribution in [2.45, 2.75) is 11.8 Å². The zero-order valence-electron chi connectivity index (χ0n) is 9.47. The lowest BCUT2D eigenvalue weighted by molar-refractivity contribution is 0.261. The average Bonchev–Trinajstić information content (AvgIpc) is 2.19. The fraction of sp³-hybridized carbons (Fsp3) is 0.300. The number of thioether (sulfide) groups is 1. The molecular weight excluding hydrogens is 262 g/mol. The van der Waals surface area contributed by atoms with Crippen LogP contribution in [0.4, 0.5) is 4.79 Å². The van der Waals surface area contributed by atoms with Crippen molar-refractivity contribution in [3.05, 3.63) is 24.3 Å². The summed E-state index contributed by atoms with van der Waals surface area (Å²) in [6.45, 7) is 2.41. The summed E-state index contributed by atoms with van der Waals surface area (Å²) in [6, 6.07) is 6.26. The molecule has 5 nitrogen and oxygen atoms in total. The molecule has 1 aromatic carbocycles. The van der Waals surface area contributed by atoms with E-state index in [1.807, 2.05) is 6.92 Å². The highest BCUT2D eigenvalue weighted by Crippen LogP contribution is 2.22. The highest BCUT2D eigenvalue weighted by atomic mass is 32.2. The number of hydrogen-bond donors (Lipinski definition) is 1. The lowest BCUT2D eigenvalue weighted by atomic mass is 10.3. The molecule has 17 heavy (non-hydrogen) atoms. The first-order valence-corrected chi connectivity index (χ1v) is 7.49. The highest BCUT2D eigenvalue weighted by Gasteiger charge is 2.06. The minimum Gasteiger partial charge on any atom is -0.383 e. The Labute approximate surface area is 105 Å². The Morgan fingerprint density at radius 3 is 2.41 bits per heavy atom. The Morgan fingerprint density at radius 1 is 1.35 bits per heavy atom. The van der Waals surface area contributed by atoms with E-state index in [4.69, 9.17) is 0 Å². The minimum absolute atomic E-state index is 0.149. The van der Waals surface area contributed by atoms with Crippen molar-refractivity contribution >= 4 is 27.1 Å². The summed E-state index contributed by atoms with van der Waals surface area (Å²) in [5, 5.41) is 2.49. The SMILES string of the molecule is CCNC(=O)Sc1ccc(OS(C)(=O)=O)cc1. The van der Waals surface area contributed by atoms with Crippen molar-refractivity contribution in [3.8, 4) is 5.75 Å². The summed E-state index contributed by atoms with van der Waals surface area (Å²) in [5.41, 5.74) is 0. The molecule has 0 aliphatic heterocycles. The number of hydrogen-bond acceptors (Lipinski definition) is 5. The van der Waals surface area contributed by atoms with Gasteiger partial charge in [0.1, 0.15) is 5.75 Å². The van der Waals surface area contributed by atoms with Crippen molar-refractivity contribution in [1.29, 1.82) is 0 Å². The molecule has 0 spiro atoms. The maximum atomic E-state index is 11.3. The van der Waals surface area contributed by atoms with Gasteiger partial charge in [-0.05, 0) is 43.0 Å². The zero-order chi connectivity index (χ0) is 12.9. The smallest absolute Gasteiger partial charge is 0.306 e. The van der Waals surface area contributed by atoms with Crippen LogP contribution in [0.5, 0.6) is 5.75 Å². The second-order valence-electron chi connectivity index (χ2n) is 3.18. The Bertz CT molecular complexity index is 482. The molecule has 7 heteroatoms. The maximum Gasteiger partial charge on any atom is 0.306 e. The van der Waals surface area contributed by atoms with Crippen LogP contribution < -0.4 is 9.50 Å². The second kappa shape index (κ2) is 5.92. The predicted molar refractivity (Wildman–Crippen MR) is 66.8 cm³/mol. The van der Waals surface area contributed by atoms with Gasteiger partial charge >= 0.3 is 10.1 Å². The summed E-state index contributed by atoms with van der Waals surface area (Å²) in [4.78, 5) is 12.0. The fourth-order valence-electron chi connectivity index (χ4n) is 1.03. The van der Waals surface area contributed by atoms with Gasteiger partial charge in [-0.3, -0.25) is 4.79 Å². The summed E-state index contributed by atoms with van der Waals surface area (Å²) in [6.07, 6.45) is 0.977. The number of nitrogens with one attached hydrogen (secondary N) is 1. The van der Waals surface area contributed by atoms with Gasteiger partial charge in [-0.2, -0.15) is 8.42 Å². The third kappa shape index (κ3) is 5.60. The molecule has 1 N–H and O–H groups in total. The Kier molecular flexibility index (Phi) is 4.83. The van der Waals surface area contributed by atoms with E-state index in [-0.39, 0.29) is 11.0 Å². The molecule has 0 unspecified atom stereocenters. The topological polar surface area (TPSA) is 72.5 Å². The molecule has 1 amide bonds. The molecule has 0 aliphatic rings. The molecule has 1 aromatic rings. The molecule has 0 heterocycles. The first-order valence-electron chi connectivity index (χ1n) is 4.86. The van der Waals surface area contributed by atoms with E-state index in [9.17, 15) is 13.2 Å². The van der Waals surface area contributed by atoms with Crippen LogP contribution in [0.15, 0.2) is 29.2 Å². The predicted octanol–water partition coefficient (Wildman–Crippen LogP) is 1.85. The van der Waals surface area contributed by atoms with Gasteiger partial charge in [0, 0.05) is 11.4 Å². The molecule has 0 fully saturated rings. The summed E-state index contributed by atoms with van der Waals surface area (Å²) in [5.74, 6) is 0.229. The van der Waals surface area contributed by atoms with Crippen LogP contribution in [0.1, 0.15) is 6.92 Å². The second-order valence-corrected chi connectivity index (χ2v) is 5.80. The van der Waals surface area contributed by atoms with Crippen LogP contribution >= 0.6 is 11.8 Å². The molecular formula is C10H13NO4S2. The van der Waals surface area contributed by atoms with Crippen LogP contribution in [-0.2, 0) is 10.1 Å². The molecule has 94 valence electrons. The standard InChI is InChI=1S/C10H13NO4S2/c1-3-11-10(12)16-9-6-4-8(5-7-9)15-17(2,13)14/h4-7H,3H2,1-2H3,(H,11,12). The van der Waals surface area contributed by atoms with Crippen molar-refractivity contribution < 1.29 is 17.4 Å². The summed E-state index contributed by atoms with van der Waals surface area (Å²) >= 11 is 1.04. The van der Waals surface area contributed by atoms with E-state index in [1.165, 1.54) is 12.1 Å². The van der Waals surface area contributed by atoms with E-state index >= 15 is 0 Å². The van der Waals surface area contributed by atoms with Gasteiger partial charge in [0.05, 0.1) is 6.26 Å². The Balaban J connectivity index is 2.65. The molecule has 0 saturated heterocycles. The van der Waals surface area contributed by atoms with E-state index in [2.05, 4.69) is 9.50 Å². The van der Waals surface area contributed by atoms with Crippen LogP contribution in [-0.4, -0.2) is 26.5 Å². The molecule has 1 rings (SSSR count). The van der Waals surface area contributed by atoms with E-state index in [0.29, 0.717) is 6.54 Å². The third-order valence-electron chi connectivity index (χ3n) is 1.60. The van der Waals surface area contributed by atoms with Crippen molar-refractivity contribution in [1.82, 2.24) is 5.32 Å². The first kappa shape index (κ1) is 13.9. The third-order valence-corrected chi connectivity index (χ3v) is 2.94. The van der Waals surface area contributed by atoms with Gasteiger partial charge in [-0.1, -0.05) is 0 Å². The van der Waals surface area contributed by atoms with Crippen molar-refractivity contribution in [3.63, 3.8) is 0 Å². The van der Waals surface area contributed by atoms with E-state index < -0.39 is 10.1 Å². The number of carbonyl (C=O) groups excluding carboxylic acids is 1. The Morgan fingerprint density at radius 2 is 1.94 bits per heavy atom. The number of rotatable bonds is 4. The van der Waals surface area contributed by atoms with Gasteiger partial charge in [0.15, 0.2) is 0 Å². The van der Waals surface area contributed by atoms with E-state index in [1.54, 1.807) is 12.1 Å². The highest BCUT2D eigenvalue weighted by molar-refractivity contribution is 8.13. The van der Waals surface area contributed by atoms with Crippen LogP contribution in [0.25, 0.3) is 0 Å². The van der Waals surface area contributed by atoms with Crippen molar-refractivity contribution in [2.75, 3.05) is 12.8 Å². The summed E-state index contributed by atoms with van der Waals surface area (Å²) < 4.78 is 26.4. The molecule has 0 saturated carbocycles. The molecule has 0 aromatic heterocycles. The van der Waals surface area contributed by atoms with Gasteiger partial charge in [0.2, 0.25) is 0 Å². The van der Waals surface area contributed by atoms with E-state index in [0.717, 1.165) is 22.9 Å². The monoisotopic (exact) mass is 275 g/mol. The summed E-state index contributed by atoms with van der Waals surface area (Å²) in [7, 11) is -3.51. The molecule has 0 atom stereocenters. The quantitative estimate of drug-likeness (QED) is 0.670. The van der Waals surface area contributed by atoms with Gasteiger partial charge in [-0.15, -0.1) is 0 Å². The lowest BCUT2D eigenvalue weighted by Crippen LogP contribution is -2.17. The number of benzene rings is 1. The van der Waals surface area contributed by atoms with Crippen LogP contribution in [0, 0.1) is 0 Å². The minimum atomic E-state index is -3.51.